The Hall–Kier alpha value is -0.410. The summed E-state index contributed by atoms with van der Waals surface area (Å²) in [4.78, 5) is 14.0. The Labute approximate surface area is 111 Å². The monoisotopic (exact) mass is 253 g/mol. The number of morpholine rings is 1. The quantitative estimate of drug-likeness (QED) is 0.724. The average molecular weight is 253 g/mol. The van der Waals surface area contributed by atoms with Gasteiger partial charge < -0.3 is 9.53 Å². The van der Waals surface area contributed by atoms with Crippen LogP contribution in [0.1, 0.15) is 46.5 Å². The van der Waals surface area contributed by atoms with Gasteiger partial charge in [0.05, 0.1) is 12.2 Å². The molecule has 18 heavy (non-hydrogen) atoms. The fourth-order valence-electron chi connectivity index (χ4n) is 3.85. The molecule has 1 saturated carbocycles. The maximum absolute atomic E-state index is 11.6. The van der Waals surface area contributed by atoms with E-state index in [1.165, 1.54) is 19.1 Å². The molecule has 0 spiro atoms. The van der Waals surface area contributed by atoms with E-state index in [1.807, 2.05) is 0 Å². The molecule has 2 unspecified atom stereocenters. The van der Waals surface area contributed by atoms with E-state index in [9.17, 15) is 4.79 Å². The van der Waals surface area contributed by atoms with Crippen molar-refractivity contribution in [1.82, 2.24) is 4.90 Å². The van der Waals surface area contributed by atoms with Crippen molar-refractivity contribution in [3.05, 3.63) is 0 Å². The van der Waals surface area contributed by atoms with Crippen LogP contribution in [0.2, 0.25) is 0 Å². The minimum atomic E-state index is -0.0888. The van der Waals surface area contributed by atoms with Crippen molar-refractivity contribution in [1.29, 1.82) is 0 Å². The van der Waals surface area contributed by atoms with E-state index in [2.05, 4.69) is 25.7 Å². The van der Waals surface area contributed by atoms with Crippen molar-refractivity contribution in [2.45, 2.75) is 58.7 Å². The van der Waals surface area contributed by atoms with E-state index in [-0.39, 0.29) is 5.41 Å². The number of aldehydes is 1. The fraction of sp³-hybridized carbons (Fsp3) is 0.933. The number of hydrogen-bond acceptors (Lipinski definition) is 3. The Kier molecular flexibility index (Phi) is 4.44. The molecule has 1 heterocycles. The lowest BCUT2D eigenvalue weighted by Gasteiger charge is -2.43. The highest BCUT2D eigenvalue weighted by Crippen LogP contribution is 2.38. The maximum Gasteiger partial charge on any atom is 0.127 e. The Bertz CT molecular complexity index is 284. The fourth-order valence-corrected chi connectivity index (χ4v) is 3.85. The molecule has 0 aromatic rings. The second-order valence-electron chi connectivity index (χ2n) is 6.63. The third-order valence-corrected chi connectivity index (χ3v) is 4.41. The molecule has 2 aliphatic rings. The molecule has 1 saturated heterocycles. The molecule has 1 aliphatic heterocycles. The van der Waals surface area contributed by atoms with Crippen LogP contribution >= 0.6 is 0 Å². The average Bonchev–Trinajstić information content (AvgIpc) is 2.27. The molecular weight excluding hydrogens is 226 g/mol. The van der Waals surface area contributed by atoms with Crippen LogP contribution in [-0.4, -0.2) is 43.0 Å². The Morgan fingerprint density at radius 2 is 1.94 bits per heavy atom. The van der Waals surface area contributed by atoms with Crippen LogP contribution in [0.25, 0.3) is 0 Å². The SMILES string of the molecule is CC1CCCC(C=O)(CN2C[C@@H](C)O[C@@H](C)C2)C1. The van der Waals surface area contributed by atoms with Crippen molar-refractivity contribution < 1.29 is 9.53 Å². The second-order valence-corrected chi connectivity index (χ2v) is 6.63. The summed E-state index contributed by atoms with van der Waals surface area (Å²) >= 11 is 0. The zero-order valence-corrected chi connectivity index (χ0v) is 12.0. The van der Waals surface area contributed by atoms with Crippen LogP contribution in [0, 0.1) is 11.3 Å². The molecule has 0 aromatic heterocycles. The lowest BCUT2D eigenvalue weighted by molar-refractivity contribution is -0.124. The molecule has 0 N–H and O–H groups in total. The van der Waals surface area contributed by atoms with Crippen molar-refractivity contribution >= 4 is 6.29 Å². The summed E-state index contributed by atoms with van der Waals surface area (Å²) in [5.41, 5.74) is -0.0888. The van der Waals surface area contributed by atoms with Crippen molar-refractivity contribution in [2.75, 3.05) is 19.6 Å². The number of carbonyl (C=O) groups excluding carboxylic acids is 1. The molecule has 2 rings (SSSR count). The van der Waals surface area contributed by atoms with Gasteiger partial charge in [0.2, 0.25) is 0 Å². The van der Waals surface area contributed by atoms with Gasteiger partial charge in [-0.1, -0.05) is 19.8 Å². The molecule has 0 radical (unpaired) electrons. The first-order chi connectivity index (χ1) is 8.53. The lowest BCUT2D eigenvalue weighted by Crippen LogP contribution is -2.50. The molecule has 3 nitrogen and oxygen atoms in total. The van der Waals surface area contributed by atoms with Gasteiger partial charge in [0.15, 0.2) is 0 Å². The number of rotatable bonds is 3. The third kappa shape index (κ3) is 3.33. The summed E-state index contributed by atoms with van der Waals surface area (Å²) in [6, 6.07) is 0. The van der Waals surface area contributed by atoms with Crippen LogP contribution in [0.3, 0.4) is 0 Å². The van der Waals surface area contributed by atoms with E-state index in [0.29, 0.717) is 18.1 Å². The second kappa shape index (κ2) is 5.70. The highest BCUT2D eigenvalue weighted by Gasteiger charge is 2.37. The summed E-state index contributed by atoms with van der Waals surface area (Å²) in [6.07, 6.45) is 6.45. The zero-order chi connectivity index (χ0) is 13.2. The minimum Gasteiger partial charge on any atom is -0.373 e. The summed E-state index contributed by atoms with van der Waals surface area (Å²) < 4.78 is 5.76. The zero-order valence-electron chi connectivity index (χ0n) is 12.0. The maximum atomic E-state index is 11.6. The van der Waals surface area contributed by atoms with Crippen molar-refractivity contribution in [2.24, 2.45) is 11.3 Å². The van der Waals surface area contributed by atoms with E-state index in [1.54, 1.807) is 0 Å². The molecule has 0 amide bonds. The van der Waals surface area contributed by atoms with Crippen LogP contribution in [0.4, 0.5) is 0 Å². The largest absolute Gasteiger partial charge is 0.373 e. The van der Waals surface area contributed by atoms with Gasteiger partial charge in [-0.05, 0) is 32.6 Å². The molecule has 2 fully saturated rings. The predicted octanol–water partition coefficient (Wildman–Crippen LogP) is 2.49. The lowest BCUT2D eigenvalue weighted by atomic mass is 9.70. The molecular formula is C15H27NO2. The number of hydrogen-bond donors (Lipinski definition) is 0. The topological polar surface area (TPSA) is 29.5 Å². The first kappa shape index (κ1) is 14.0. The third-order valence-electron chi connectivity index (χ3n) is 4.41. The highest BCUT2D eigenvalue weighted by atomic mass is 16.5. The van der Waals surface area contributed by atoms with Crippen molar-refractivity contribution in [3.63, 3.8) is 0 Å². The Morgan fingerprint density at radius 3 is 2.50 bits per heavy atom. The molecule has 1 aliphatic carbocycles. The van der Waals surface area contributed by atoms with Gasteiger partial charge in [0.25, 0.3) is 0 Å². The van der Waals surface area contributed by atoms with E-state index < -0.39 is 0 Å². The number of ether oxygens (including phenoxy) is 1. The Balaban J connectivity index is 1.98. The van der Waals surface area contributed by atoms with Crippen LogP contribution in [-0.2, 0) is 9.53 Å². The molecule has 4 atom stereocenters. The van der Waals surface area contributed by atoms with E-state index in [4.69, 9.17) is 4.74 Å². The molecule has 0 bridgehead atoms. The predicted molar refractivity (Wildman–Crippen MR) is 72.6 cm³/mol. The summed E-state index contributed by atoms with van der Waals surface area (Å²) in [5.74, 6) is 0.694. The standard InChI is InChI=1S/C15H27NO2/c1-12-5-4-6-15(7-12,11-17)10-16-8-13(2)18-14(3)9-16/h11-14H,4-10H2,1-3H3/t12?,13-,14+,15?. The first-order valence-electron chi connectivity index (χ1n) is 7.37. The molecule has 0 aromatic carbocycles. The highest BCUT2D eigenvalue weighted by molar-refractivity contribution is 5.60. The van der Waals surface area contributed by atoms with Gasteiger partial charge >= 0.3 is 0 Å². The number of nitrogens with zero attached hydrogens (tertiary/aromatic N) is 1. The van der Waals surface area contributed by atoms with Crippen LogP contribution in [0.5, 0.6) is 0 Å². The minimum absolute atomic E-state index is 0.0888. The van der Waals surface area contributed by atoms with E-state index >= 15 is 0 Å². The van der Waals surface area contributed by atoms with Crippen molar-refractivity contribution in [3.8, 4) is 0 Å². The van der Waals surface area contributed by atoms with E-state index in [0.717, 1.165) is 32.5 Å². The van der Waals surface area contributed by atoms with Crippen LogP contribution < -0.4 is 0 Å². The normalized spacial score (nSPS) is 42.7. The van der Waals surface area contributed by atoms with Gasteiger partial charge in [-0.2, -0.15) is 0 Å². The van der Waals surface area contributed by atoms with Gasteiger partial charge in [-0.3, -0.25) is 4.90 Å². The van der Waals surface area contributed by atoms with Crippen LogP contribution in [0.15, 0.2) is 0 Å². The Morgan fingerprint density at radius 1 is 1.28 bits per heavy atom. The molecule has 3 heteroatoms. The van der Waals surface area contributed by atoms with Gasteiger partial charge in [-0.15, -0.1) is 0 Å². The van der Waals surface area contributed by atoms with Gasteiger partial charge in [0.1, 0.15) is 6.29 Å². The summed E-state index contributed by atoms with van der Waals surface area (Å²) in [7, 11) is 0. The van der Waals surface area contributed by atoms with Gasteiger partial charge in [-0.25, -0.2) is 0 Å². The summed E-state index contributed by atoms with van der Waals surface area (Å²) in [5, 5.41) is 0. The van der Waals surface area contributed by atoms with Gasteiger partial charge in [0, 0.05) is 25.0 Å². The smallest absolute Gasteiger partial charge is 0.127 e. The number of carbonyl (C=O) groups is 1. The molecule has 104 valence electrons. The first-order valence-corrected chi connectivity index (χ1v) is 7.37. The summed E-state index contributed by atoms with van der Waals surface area (Å²) in [6.45, 7) is 9.39.